The van der Waals surface area contributed by atoms with Crippen molar-refractivity contribution >= 4 is 58.9 Å². The lowest BCUT2D eigenvalue weighted by molar-refractivity contribution is -0.333. The number of fused-ring (bicyclic) bond motifs is 15. The largest absolute Gasteiger partial charge is 0.507 e. The number of aliphatic hydroxyl groups is 6. The van der Waals surface area contributed by atoms with Gasteiger partial charge in [-0.15, -0.1) is 0 Å². The van der Waals surface area contributed by atoms with Crippen LogP contribution in [0.4, 0.5) is 0 Å². The number of phenols is 3. The maximum atomic E-state index is 16.4. The maximum absolute atomic E-state index is 16.4. The van der Waals surface area contributed by atoms with E-state index in [-0.39, 0.29) is 58.4 Å². The third-order valence-corrected chi connectivity index (χ3v) is 20.8. The first-order chi connectivity index (χ1) is 52.8. The number of hydrogen-bond donors (Lipinski definition) is 21. The molecule has 0 saturated carbocycles. The number of hydrogen-bond acceptors (Lipinski definition) is 29. The summed E-state index contributed by atoms with van der Waals surface area (Å²) in [6.07, 6.45) is -22.5. The smallest absolute Gasteiger partial charge is 0.330 e. The van der Waals surface area contributed by atoms with Gasteiger partial charge in [0.15, 0.2) is 36.2 Å². The second-order valence-corrected chi connectivity index (χ2v) is 30.0. The molecule has 0 spiro atoms. The standard InChI is InChI=1S/C74H92ClN11O26/c1-27(2)16-39(80-7)65(97)85-54-56(91)32-11-15-43(38(75)18-32)108-45-20-33-19-44(61(45)112-72-62(59(94)58(93)46(26-87)109-72)111-49-24-74(6,79)64(96)29(4)106-49)107-34-12-8-30(9-13-34)60(110-48-23-73(5,78)63(95)28(3)105-48)55-70(102)84-53(71(103)104)36-21-42(89)37(25-76)57(92)50(36)35-17-31(10-14-41(35)88)51(67(99)86-55)83-68(100)52(33)82-66(98)40(22-47(77)90)81-69(54)101/h8-15,17-21,27-29,39-40,46,48-49,51-56,58-60,62-64,72,80,87-89,91-96H,16,22-26,76,78-79H2,1-7H3,(H2,77,90)(H,81,101)(H,82,98)(H,83,100)(H,84,102)(H,85,97)(H,86,99)(H,103,104)/t28-,29-,39+,40-,46+,48-,49-,51+,52+,53-,54+,55-,56+,58+,59-,60+,62+,63-,64-,72-,73+,74-/m0/s1. The number of primary amides is 1. The number of likely N-dealkylation sites (N-methyl/N-ethyl adjacent to an activating group) is 1. The predicted octanol–water partition coefficient (Wildman–Crippen LogP) is -0.851. The Labute approximate surface area is 644 Å². The van der Waals surface area contributed by atoms with Crippen LogP contribution in [-0.4, -0.2) is 215 Å². The fourth-order valence-corrected chi connectivity index (χ4v) is 14.7. The highest BCUT2D eigenvalue weighted by atomic mass is 35.5. The summed E-state index contributed by atoms with van der Waals surface area (Å²) in [4.78, 5) is 120. The van der Waals surface area contributed by atoms with Crippen molar-refractivity contribution in [3.05, 3.63) is 117 Å². The van der Waals surface area contributed by atoms with E-state index in [0.717, 1.165) is 42.5 Å². The van der Waals surface area contributed by atoms with E-state index in [1.807, 2.05) is 13.8 Å². The van der Waals surface area contributed by atoms with Gasteiger partial charge in [-0.2, -0.15) is 0 Å². The average Bonchev–Trinajstić information content (AvgIpc) is 0.762. The number of carboxylic acid groups (broad SMARTS) is 1. The number of nitrogens with one attached hydrogen (secondary N) is 7. The van der Waals surface area contributed by atoms with Gasteiger partial charge in [0.05, 0.1) is 48.5 Å². The molecule has 38 heteroatoms. The number of ether oxygens (including phenoxy) is 8. The van der Waals surface area contributed by atoms with E-state index in [2.05, 4.69) is 37.2 Å². The minimum atomic E-state index is -2.36. The number of benzene rings is 5. The van der Waals surface area contributed by atoms with E-state index in [1.54, 1.807) is 0 Å². The van der Waals surface area contributed by atoms with Crippen LogP contribution in [0.3, 0.4) is 0 Å². The Morgan fingerprint density at radius 1 is 0.688 bits per heavy atom. The van der Waals surface area contributed by atoms with Crippen molar-refractivity contribution in [3.63, 3.8) is 0 Å². The van der Waals surface area contributed by atoms with Crippen LogP contribution < -0.4 is 74.4 Å². The topological polar surface area (TPSA) is 601 Å². The lowest BCUT2D eigenvalue weighted by Crippen LogP contribution is -2.64. The third-order valence-electron chi connectivity index (χ3n) is 20.6. The van der Waals surface area contributed by atoms with Crippen LogP contribution in [0.2, 0.25) is 5.02 Å². The molecule has 25 N–H and O–H groups in total. The molecule has 5 aromatic carbocycles. The summed E-state index contributed by atoms with van der Waals surface area (Å²) < 4.78 is 51.7. The molecule has 5 aromatic rings. The summed E-state index contributed by atoms with van der Waals surface area (Å²) >= 11 is 7.14. The highest BCUT2D eigenvalue weighted by Gasteiger charge is 2.52. The first-order valence-electron chi connectivity index (χ1n) is 35.9. The second kappa shape index (κ2) is 33.6. The van der Waals surface area contributed by atoms with E-state index < -0.39 is 262 Å². The van der Waals surface area contributed by atoms with E-state index in [0.29, 0.717) is 0 Å². The van der Waals surface area contributed by atoms with Crippen molar-refractivity contribution in [3.8, 4) is 57.1 Å². The van der Waals surface area contributed by atoms with E-state index in [9.17, 15) is 70.2 Å². The average molecular weight is 1590 g/mol. The van der Waals surface area contributed by atoms with Gasteiger partial charge in [-0.1, -0.05) is 49.7 Å². The number of aromatic hydroxyl groups is 3. The number of carboxylic acids is 1. The van der Waals surface area contributed by atoms with Crippen molar-refractivity contribution in [2.24, 2.45) is 28.9 Å². The van der Waals surface area contributed by atoms with Crippen molar-refractivity contribution < 1.29 is 127 Å². The zero-order chi connectivity index (χ0) is 81.6. The summed E-state index contributed by atoms with van der Waals surface area (Å²) in [5, 5.41) is 133. The fourth-order valence-electron chi connectivity index (χ4n) is 14.5. The Balaban J connectivity index is 1.19. The summed E-state index contributed by atoms with van der Waals surface area (Å²) in [7, 11) is 1.47. The first kappa shape index (κ1) is 83.3. The van der Waals surface area contributed by atoms with Gasteiger partial charge in [0.2, 0.25) is 53.4 Å². The molecule has 3 fully saturated rings. The monoisotopic (exact) mass is 1590 g/mol. The van der Waals surface area contributed by atoms with Crippen molar-refractivity contribution in [1.82, 2.24) is 37.2 Å². The van der Waals surface area contributed by atoms with Crippen LogP contribution in [0.1, 0.15) is 131 Å². The fraction of sp³-hybridized carbons (Fsp3) is 0.486. The number of carbonyl (C=O) groups is 8. The Bertz CT molecular complexity index is 4420. The molecular weight excluding hydrogens is 1490 g/mol. The SMILES string of the molecule is CN[C@H](CC(C)C)C(=O)N[C@H]1C(=O)N[C@@H](CC(N)=O)C(=O)N[C@H]2C(=O)N[C@H]3C(=O)N[C@H](C(=O)N[C@H](C(=O)O)c4cc(O)c(CN)c(O)c4-c4cc3ccc4O)[C@H](O[C@H]3C[C@@](C)(N)[C@@H](O)[C@H](C)O3)c3ccc(cc3)Oc3cc2cc(c3O[C@@H]2O[C@H](CO)[C@@H](O)[C@H](O)[C@H]2O[C@H]2C[C@](C)(N)[C@@H](O)[C@H](C)O2)Oc2ccc(cc2Cl)[C@H]1O. The van der Waals surface area contributed by atoms with Crippen LogP contribution in [0.25, 0.3) is 11.1 Å². The molecule has 8 aliphatic heterocycles. The summed E-state index contributed by atoms with van der Waals surface area (Å²) in [6.45, 7) is 8.02. The molecule has 8 aliphatic rings. The lowest BCUT2D eigenvalue weighted by atomic mass is 9.86. The number of phenolic OH excluding ortho intramolecular Hbond substituents is 3. The summed E-state index contributed by atoms with van der Waals surface area (Å²) in [5.41, 5.74) is 19.1. The van der Waals surface area contributed by atoms with Crippen LogP contribution in [0.15, 0.2) is 78.9 Å². The molecule has 8 heterocycles. The van der Waals surface area contributed by atoms with Gasteiger partial charge in [0.1, 0.15) is 89.5 Å². The van der Waals surface area contributed by atoms with Gasteiger partial charge in [-0.25, -0.2) is 4.79 Å². The Morgan fingerprint density at radius 3 is 1.88 bits per heavy atom. The molecule has 37 nitrogen and oxygen atoms in total. The van der Waals surface area contributed by atoms with E-state index >= 15 is 19.2 Å². The molecule has 22 atom stereocenters. The normalized spacial score (nSPS) is 31.9. The van der Waals surface area contributed by atoms with Gasteiger partial charge >= 0.3 is 5.97 Å². The predicted molar refractivity (Wildman–Crippen MR) is 389 cm³/mol. The number of aliphatic hydroxyl groups excluding tert-OH is 6. The number of aliphatic carboxylic acids is 1. The van der Waals surface area contributed by atoms with Crippen LogP contribution in [-0.2, 0) is 68.6 Å². The Morgan fingerprint density at radius 2 is 1.29 bits per heavy atom. The van der Waals surface area contributed by atoms with Gasteiger partial charge in [-0.3, -0.25) is 33.6 Å². The van der Waals surface area contributed by atoms with Gasteiger partial charge in [-0.05, 0) is 124 Å². The van der Waals surface area contributed by atoms with Crippen molar-refractivity contribution in [1.29, 1.82) is 0 Å². The molecule has 606 valence electrons. The molecule has 13 rings (SSSR count). The van der Waals surface area contributed by atoms with Gasteiger partial charge < -0.3 is 149 Å². The van der Waals surface area contributed by atoms with Crippen LogP contribution in [0, 0.1) is 5.92 Å². The second-order valence-electron chi connectivity index (χ2n) is 29.6. The molecule has 0 aromatic heterocycles. The molecule has 3 saturated heterocycles. The molecule has 0 radical (unpaired) electrons. The van der Waals surface area contributed by atoms with Crippen LogP contribution in [0.5, 0.6) is 46.0 Å². The molecule has 0 aliphatic carbocycles. The van der Waals surface area contributed by atoms with Gasteiger partial charge in [0.25, 0.3) is 0 Å². The van der Waals surface area contributed by atoms with Crippen molar-refractivity contribution in [2.75, 3.05) is 13.7 Å². The minimum Gasteiger partial charge on any atom is -0.507 e. The molecular formula is C74H92ClN11O26. The zero-order valence-corrected chi connectivity index (χ0v) is 62.3. The number of amides is 7. The highest BCUT2D eigenvalue weighted by molar-refractivity contribution is 6.32. The van der Waals surface area contributed by atoms with E-state index in [4.69, 9.17) is 72.4 Å². The maximum Gasteiger partial charge on any atom is 0.330 e. The lowest BCUT2D eigenvalue weighted by Gasteiger charge is -2.47. The molecule has 11 bridgehead atoms. The van der Waals surface area contributed by atoms with Crippen LogP contribution >= 0.6 is 11.6 Å². The number of halogens is 1. The van der Waals surface area contributed by atoms with Gasteiger partial charge in [0, 0.05) is 52.7 Å². The zero-order valence-electron chi connectivity index (χ0n) is 61.6. The molecule has 112 heavy (non-hydrogen) atoms. The Hall–Kier alpha value is -9.65. The summed E-state index contributed by atoms with van der Waals surface area (Å²) in [5.74, 6) is -15.7. The van der Waals surface area contributed by atoms with Crippen molar-refractivity contribution in [2.45, 2.75) is 207 Å². The minimum absolute atomic E-state index is 0.0535. The van der Waals surface area contributed by atoms with E-state index in [1.165, 1.54) is 71.1 Å². The highest BCUT2D eigenvalue weighted by Crippen LogP contribution is 2.50. The third kappa shape index (κ3) is 17.4. The molecule has 7 amide bonds. The quantitative estimate of drug-likeness (QED) is 0.0572. The summed E-state index contributed by atoms with van der Waals surface area (Å²) in [6, 6.07) is 0.503. The number of nitrogens with two attached hydrogens (primary N) is 4. The number of rotatable bonds is 16. The molecule has 0 unspecified atom stereocenters. The first-order valence-corrected chi connectivity index (χ1v) is 36.3. The number of carbonyl (C=O) groups excluding carboxylic acids is 7. The Kier molecular flexibility index (Phi) is 25.0.